The monoisotopic (exact) mass is 314 g/mol. The zero-order chi connectivity index (χ0) is 16.7. The lowest BCUT2D eigenvalue weighted by Crippen LogP contribution is -2.29. The van der Waals surface area contributed by atoms with E-state index < -0.39 is 11.7 Å². The van der Waals surface area contributed by atoms with Crippen LogP contribution in [0, 0.1) is 5.82 Å². The molecule has 2 rings (SSSR count). The van der Waals surface area contributed by atoms with Crippen LogP contribution in [-0.2, 0) is 4.79 Å². The summed E-state index contributed by atoms with van der Waals surface area (Å²) in [5, 5.41) is 2.45. The van der Waals surface area contributed by atoms with E-state index in [2.05, 4.69) is 10.3 Å². The second kappa shape index (κ2) is 7.93. The molecule has 0 aliphatic carbocycles. The largest absolute Gasteiger partial charge is 0.349 e. The number of pyridine rings is 1. The van der Waals surface area contributed by atoms with Crippen molar-refractivity contribution >= 4 is 17.5 Å². The van der Waals surface area contributed by atoms with Gasteiger partial charge in [0, 0.05) is 36.4 Å². The van der Waals surface area contributed by atoms with Crippen LogP contribution in [0.25, 0.3) is 0 Å². The summed E-state index contributed by atoms with van der Waals surface area (Å²) in [6.07, 6.45) is 3.04. The molecular formula is C17H15FN2O3. The predicted octanol–water partition coefficient (Wildman–Crippen LogP) is 2.18. The Morgan fingerprint density at radius 1 is 0.957 bits per heavy atom. The number of amides is 1. The zero-order valence-corrected chi connectivity index (χ0v) is 12.3. The number of nitrogens with one attached hydrogen (secondary N) is 1. The van der Waals surface area contributed by atoms with Gasteiger partial charge >= 0.3 is 0 Å². The summed E-state index contributed by atoms with van der Waals surface area (Å²) in [5.74, 6) is -1.33. The van der Waals surface area contributed by atoms with Crippen molar-refractivity contribution < 1.29 is 18.8 Å². The van der Waals surface area contributed by atoms with Crippen LogP contribution in [-0.4, -0.2) is 29.0 Å². The third-order valence-electron chi connectivity index (χ3n) is 3.17. The van der Waals surface area contributed by atoms with Crippen molar-refractivity contribution in [1.29, 1.82) is 0 Å². The summed E-state index contributed by atoms with van der Waals surface area (Å²) < 4.78 is 12.8. The fourth-order valence-electron chi connectivity index (χ4n) is 1.90. The molecule has 0 spiro atoms. The number of nitrogens with zero attached hydrogens (tertiary/aromatic N) is 1. The molecule has 2 aromatic rings. The van der Waals surface area contributed by atoms with Crippen molar-refractivity contribution in [3.63, 3.8) is 0 Å². The molecular weight excluding hydrogens is 299 g/mol. The van der Waals surface area contributed by atoms with Gasteiger partial charge in [0.15, 0.2) is 11.6 Å². The zero-order valence-electron chi connectivity index (χ0n) is 12.3. The smallest absolute Gasteiger partial charge is 0.220 e. The summed E-state index contributed by atoms with van der Waals surface area (Å²) >= 11 is 0. The normalized spacial score (nSPS) is 10.1. The number of aromatic nitrogens is 1. The summed E-state index contributed by atoms with van der Waals surface area (Å²) in [6.45, 7) is -0.189. The lowest BCUT2D eigenvalue weighted by atomic mass is 10.1. The average molecular weight is 314 g/mol. The summed E-state index contributed by atoms with van der Waals surface area (Å²) in [6, 6.07) is 8.36. The average Bonchev–Trinajstić information content (AvgIpc) is 2.59. The SMILES string of the molecule is O=C(CCC(=O)c1cccnc1)NCC(=O)c1ccc(F)cc1. The number of carbonyl (C=O) groups excluding carboxylic acids is 3. The maximum absolute atomic E-state index is 12.8. The molecule has 0 aliphatic heterocycles. The standard InChI is InChI=1S/C17H15FN2O3/c18-14-5-3-12(4-6-14)16(22)11-20-17(23)8-7-15(21)13-2-1-9-19-10-13/h1-6,9-10H,7-8,11H2,(H,20,23). The van der Waals surface area contributed by atoms with E-state index in [1.165, 1.54) is 30.5 Å². The Labute approximate surface area is 132 Å². The van der Waals surface area contributed by atoms with Gasteiger partial charge in [-0.05, 0) is 36.4 Å². The third kappa shape index (κ3) is 5.10. The number of ketones is 2. The van der Waals surface area contributed by atoms with Gasteiger partial charge in [0.1, 0.15) is 5.82 Å². The third-order valence-corrected chi connectivity index (χ3v) is 3.17. The fraction of sp³-hybridized carbons (Fsp3) is 0.176. The summed E-state index contributed by atoms with van der Waals surface area (Å²) in [4.78, 5) is 39.1. The number of rotatable bonds is 7. The van der Waals surface area contributed by atoms with Gasteiger partial charge in [0.05, 0.1) is 6.54 Å². The van der Waals surface area contributed by atoms with E-state index in [1.54, 1.807) is 18.3 Å². The van der Waals surface area contributed by atoms with Crippen molar-refractivity contribution in [2.45, 2.75) is 12.8 Å². The number of hydrogen-bond donors (Lipinski definition) is 1. The maximum Gasteiger partial charge on any atom is 0.220 e. The van der Waals surface area contributed by atoms with Crippen LogP contribution in [0.15, 0.2) is 48.8 Å². The minimum Gasteiger partial charge on any atom is -0.349 e. The molecule has 5 nitrogen and oxygen atoms in total. The number of carbonyl (C=O) groups is 3. The molecule has 1 heterocycles. The fourth-order valence-corrected chi connectivity index (χ4v) is 1.90. The van der Waals surface area contributed by atoms with Crippen molar-refractivity contribution in [1.82, 2.24) is 10.3 Å². The van der Waals surface area contributed by atoms with E-state index in [4.69, 9.17) is 0 Å². The number of hydrogen-bond acceptors (Lipinski definition) is 4. The molecule has 118 valence electrons. The lowest BCUT2D eigenvalue weighted by molar-refractivity contribution is -0.120. The minimum absolute atomic E-state index is 0.00950. The molecule has 1 aromatic heterocycles. The Morgan fingerprint density at radius 2 is 1.70 bits per heavy atom. The van der Waals surface area contributed by atoms with Crippen LogP contribution in [0.2, 0.25) is 0 Å². The maximum atomic E-state index is 12.8. The van der Waals surface area contributed by atoms with Crippen molar-refractivity contribution in [3.8, 4) is 0 Å². The molecule has 0 saturated heterocycles. The Balaban J connectivity index is 1.76. The molecule has 0 aliphatic rings. The molecule has 0 fully saturated rings. The van der Waals surface area contributed by atoms with Crippen LogP contribution in [0.5, 0.6) is 0 Å². The lowest BCUT2D eigenvalue weighted by Gasteiger charge is -2.05. The molecule has 0 bridgehead atoms. The van der Waals surface area contributed by atoms with E-state index in [1.807, 2.05) is 0 Å². The van der Waals surface area contributed by atoms with Gasteiger partial charge in [0.25, 0.3) is 0 Å². The highest BCUT2D eigenvalue weighted by molar-refractivity contribution is 6.00. The molecule has 6 heteroatoms. The van der Waals surface area contributed by atoms with Crippen LogP contribution >= 0.6 is 0 Å². The first-order chi connectivity index (χ1) is 11.1. The summed E-state index contributed by atoms with van der Waals surface area (Å²) in [7, 11) is 0. The first-order valence-electron chi connectivity index (χ1n) is 7.05. The highest BCUT2D eigenvalue weighted by Gasteiger charge is 2.11. The number of Topliss-reactive ketones (excluding diaryl/α,β-unsaturated/α-hetero) is 2. The predicted molar refractivity (Wildman–Crippen MR) is 81.5 cm³/mol. The van der Waals surface area contributed by atoms with Gasteiger partial charge in [-0.2, -0.15) is 0 Å². The van der Waals surface area contributed by atoms with E-state index in [0.717, 1.165) is 0 Å². The molecule has 0 unspecified atom stereocenters. The molecule has 23 heavy (non-hydrogen) atoms. The van der Waals surface area contributed by atoms with Gasteiger partial charge in [-0.15, -0.1) is 0 Å². The van der Waals surface area contributed by atoms with Gasteiger partial charge in [-0.25, -0.2) is 4.39 Å². The van der Waals surface area contributed by atoms with Gasteiger partial charge in [-0.1, -0.05) is 0 Å². The van der Waals surface area contributed by atoms with Crippen LogP contribution < -0.4 is 5.32 Å². The first-order valence-corrected chi connectivity index (χ1v) is 7.05. The van der Waals surface area contributed by atoms with E-state index >= 15 is 0 Å². The van der Waals surface area contributed by atoms with Gasteiger partial charge in [0.2, 0.25) is 5.91 Å². The number of benzene rings is 1. The topological polar surface area (TPSA) is 76.1 Å². The quantitative estimate of drug-likeness (QED) is 0.795. The minimum atomic E-state index is -0.431. The summed E-state index contributed by atoms with van der Waals surface area (Å²) in [5.41, 5.74) is 0.765. The Bertz CT molecular complexity index is 700. The van der Waals surface area contributed by atoms with E-state index in [0.29, 0.717) is 11.1 Å². The molecule has 1 amide bonds. The highest BCUT2D eigenvalue weighted by Crippen LogP contribution is 2.05. The second-order valence-electron chi connectivity index (χ2n) is 4.87. The number of halogens is 1. The van der Waals surface area contributed by atoms with Crippen LogP contribution in [0.1, 0.15) is 33.6 Å². The Hall–Kier alpha value is -2.89. The van der Waals surface area contributed by atoms with Crippen molar-refractivity contribution in [3.05, 3.63) is 65.7 Å². The van der Waals surface area contributed by atoms with Gasteiger partial charge < -0.3 is 5.32 Å². The molecule has 0 saturated carbocycles. The molecule has 1 aromatic carbocycles. The molecule has 1 N–H and O–H groups in total. The second-order valence-corrected chi connectivity index (χ2v) is 4.87. The first kappa shape index (κ1) is 16.5. The highest BCUT2D eigenvalue weighted by atomic mass is 19.1. The Kier molecular flexibility index (Phi) is 5.68. The Morgan fingerprint density at radius 3 is 2.35 bits per heavy atom. The van der Waals surface area contributed by atoms with E-state index in [9.17, 15) is 18.8 Å². The molecule has 0 radical (unpaired) electrons. The van der Waals surface area contributed by atoms with Crippen molar-refractivity contribution in [2.24, 2.45) is 0 Å². The van der Waals surface area contributed by atoms with Crippen LogP contribution in [0.4, 0.5) is 4.39 Å². The van der Waals surface area contributed by atoms with Crippen molar-refractivity contribution in [2.75, 3.05) is 6.54 Å². The van der Waals surface area contributed by atoms with Gasteiger partial charge in [-0.3, -0.25) is 19.4 Å². The van der Waals surface area contributed by atoms with E-state index in [-0.39, 0.29) is 31.0 Å². The van der Waals surface area contributed by atoms with Crippen LogP contribution in [0.3, 0.4) is 0 Å². The molecule has 0 atom stereocenters.